The van der Waals surface area contributed by atoms with E-state index in [1.165, 1.54) is 0 Å². The van der Waals surface area contributed by atoms with Crippen LogP contribution in [0.1, 0.15) is 6.42 Å². The molecule has 1 aliphatic rings. The Labute approximate surface area is 88.4 Å². The second-order valence-electron chi connectivity index (χ2n) is 2.89. The van der Waals surface area contributed by atoms with Gasteiger partial charge in [-0.2, -0.15) is 0 Å². The summed E-state index contributed by atoms with van der Waals surface area (Å²) in [5, 5.41) is 0. The molecule has 72 valence electrons. The lowest BCUT2D eigenvalue weighted by atomic mass is 10.00. The maximum absolute atomic E-state index is 11.2. The van der Waals surface area contributed by atoms with Gasteiger partial charge >= 0.3 is 0 Å². The number of allylic oxidation sites excluding steroid dienone is 6. The van der Waals surface area contributed by atoms with E-state index in [4.69, 9.17) is 12.8 Å². The summed E-state index contributed by atoms with van der Waals surface area (Å²) in [4.78, 5) is 22.5. The number of rotatable bonds is 2. The molecule has 2 heteroatoms. The molecule has 0 saturated carbocycles. The first-order valence-electron chi connectivity index (χ1n) is 4.27. The fraction of sp³-hybridized carbons (Fsp3) is 0.0769. The molecular weight excluding hydrogens is 188 g/mol. The summed E-state index contributed by atoms with van der Waals surface area (Å²) < 4.78 is 0. The predicted molar refractivity (Wildman–Crippen MR) is 57.6 cm³/mol. The van der Waals surface area contributed by atoms with Crippen LogP contribution in [-0.4, -0.2) is 11.6 Å². The molecule has 1 rings (SSSR count). The maximum Gasteiger partial charge on any atom is 0.231 e. The van der Waals surface area contributed by atoms with Crippen LogP contribution in [0.15, 0.2) is 35.5 Å². The monoisotopic (exact) mass is 196 g/mol. The second kappa shape index (κ2) is 4.79. The maximum atomic E-state index is 11.2. The Kier molecular flexibility index (Phi) is 3.43. The number of hydrogen-bond acceptors (Lipinski definition) is 2. The average molecular weight is 196 g/mol. The minimum absolute atomic E-state index is 0.194. The summed E-state index contributed by atoms with van der Waals surface area (Å²) in [6, 6.07) is 0. The summed E-state index contributed by atoms with van der Waals surface area (Å²) in [6.07, 6.45) is 16.7. The van der Waals surface area contributed by atoms with Gasteiger partial charge in [0.05, 0.1) is 0 Å². The number of Topliss-reactive ketones (excluding diaryl/α,β-unsaturated/α-hetero) is 2. The summed E-state index contributed by atoms with van der Waals surface area (Å²) >= 11 is 0. The predicted octanol–water partition coefficient (Wildman–Crippen LogP) is 1.20. The molecule has 0 radical (unpaired) electrons. The lowest BCUT2D eigenvalue weighted by molar-refractivity contribution is -0.110. The minimum Gasteiger partial charge on any atom is -0.280 e. The van der Waals surface area contributed by atoms with Crippen LogP contribution in [0.25, 0.3) is 0 Å². The van der Waals surface area contributed by atoms with Crippen LogP contribution in [0.2, 0.25) is 0 Å². The van der Waals surface area contributed by atoms with E-state index < -0.39 is 11.6 Å². The molecule has 0 saturated heterocycles. The molecule has 0 amide bonds. The summed E-state index contributed by atoms with van der Waals surface area (Å²) in [5.41, 5.74) is 0.808. The van der Waals surface area contributed by atoms with E-state index in [1.54, 1.807) is 24.3 Å². The number of carbonyl (C=O) groups is 2. The first-order chi connectivity index (χ1) is 7.19. The normalized spacial score (nSPS) is 14.0. The summed E-state index contributed by atoms with van der Waals surface area (Å²) in [7, 11) is 0. The van der Waals surface area contributed by atoms with Crippen LogP contribution < -0.4 is 0 Å². The van der Waals surface area contributed by atoms with Gasteiger partial charge < -0.3 is 0 Å². The smallest absolute Gasteiger partial charge is 0.231 e. The number of hydrogen-bond donors (Lipinski definition) is 0. The fourth-order valence-corrected chi connectivity index (χ4v) is 1.16. The lowest BCUT2D eigenvalue weighted by Crippen LogP contribution is -2.05. The van der Waals surface area contributed by atoms with E-state index in [0.717, 1.165) is 0 Å². The van der Waals surface area contributed by atoms with Gasteiger partial charge in [-0.15, -0.1) is 12.8 Å². The van der Waals surface area contributed by atoms with Crippen LogP contribution in [-0.2, 0) is 9.59 Å². The van der Waals surface area contributed by atoms with Crippen molar-refractivity contribution < 1.29 is 9.59 Å². The Balaban J connectivity index is 2.99. The van der Waals surface area contributed by atoms with Crippen molar-refractivity contribution in [3.63, 3.8) is 0 Å². The van der Waals surface area contributed by atoms with E-state index in [0.29, 0.717) is 11.1 Å². The Bertz CT molecular complexity index is 430. The van der Waals surface area contributed by atoms with Crippen molar-refractivity contribution in [1.82, 2.24) is 0 Å². The van der Waals surface area contributed by atoms with Crippen LogP contribution >= 0.6 is 0 Å². The second-order valence-corrected chi connectivity index (χ2v) is 2.89. The van der Waals surface area contributed by atoms with Gasteiger partial charge in [-0.05, 0) is 11.8 Å². The Morgan fingerprint density at radius 1 is 1.00 bits per heavy atom. The summed E-state index contributed by atoms with van der Waals surface area (Å²) in [5.74, 6) is 3.18. The molecule has 1 aliphatic carbocycles. The first kappa shape index (κ1) is 10.8. The average Bonchev–Trinajstić information content (AvgIpc) is 2.52. The Hall–Kier alpha value is -2.32. The van der Waals surface area contributed by atoms with E-state index >= 15 is 0 Å². The zero-order chi connectivity index (χ0) is 11.3. The highest BCUT2D eigenvalue weighted by molar-refractivity contribution is 6.13. The fourth-order valence-electron chi connectivity index (χ4n) is 1.16. The SMILES string of the molecule is C#CC(=O)C1=CC=CC=C(C(=O)C#C)C1. The standard InChI is InChI=1S/C13H8O2/c1-3-12(14)10-7-5-6-8-11(9-10)13(15)4-2/h1-2,5-8H,9H2. The molecule has 15 heavy (non-hydrogen) atoms. The Morgan fingerprint density at radius 2 is 1.40 bits per heavy atom. The van der Waals surface area contributed by atoms with Crippen molar-refractivity contribution in [2.75, 3.05) is 0 Å². The highest BCUT2D eigenvalue weighted by Crippen LogP contribution is 2.16. The zero-order valence-corrected chi connectivity index (χ0v) is 7.99. The van der Waals surface area contributed by atoms with E-state index in [-0.39, 0.29) is 6.42 Å². The van der Waals surface area contributed by atoms with Gasteiger partial charge in [0.25, 0.3) is 0 Å². The molecule has 0 unspecified atom stereocenters. The molecule has 0 aliphatic heterocycles. The van der Waals surface area contributed by atoms with E-state index in [1.807, 2.05) is 11.8 Å². The molecule has 0 heterocycles. The molecule has 0 aromatic heterocycles. The summed E-state index contributed by atoms with van der Waals surface area (Å²) in [6.45, 7) is 0. The highest BCUT2D eigenvalue weighted by atomic mass is 16.1. The topological polar surface area (TPSA) is 34.1 Å². The van der Waals surface area contributed by atoms with Gasteiger partial charge in [-0.25, -0.2) is 0 Å². The van der Waals surface area contributed by atoms with Crippen molar-refractivity contribution in [3.8, 4) is 24.7 Å². The zero-order valence-electron chi connectivity index (χ0n) is 7.99. The van der Waals surface area contributed by atoms with Crippen molar-refractivity contribution in [1.29, 1.82) is 0 Å². The molecule has 0 bridgehead atoms. The lowest BCUT2D eigenvalue weighted by Gasteiger charge is -2.01. The minimum atomic E-state index is -0.419. The third-order valence-electron chi connectivity index (χ3n) is 1.93. The van der Waals surface area contributed by atoms with Gasteiger partial charge in [0.1, 0.15) is 0 Å². The molecule has 0 atom stereocenters. The van der Waals surface area contributed by atoms with Crippen LogP contribution in [0.3, 0.4) is 0 Å². The van der Waals surface area contributed by atoms with Crippen LogP contribution in [0.5, 0.6) is 0 Å². The van der Waals surface area contributed by atoms with Gasteiger partial charge in [0.2, 0.25) is 11.6 Å². The number of terminal acetylenes is 2. The van der Waals surface area contributed by atoms with E-state index in [2.05, 4.69) is 0 Å². The van der Waals surface area contributed by atoms with Gasteiger partial charge in [-0.1, -0.05) is 24.3 Å². The molecule has 0 aromatic rings. The van der Waals surface area contributed by atoms with Crippen molar-refractivity contribution in [2.24, 2.45) is 0 Å². The molecule has 0 spiro atoms. The molecule has 0 fully saturated rings. The van der Waals surface area contributed by atoms with Crippen molar-refractivity contribution >= 4 is 11.6 Å². The number of carbonyl (C=O) groups excluding carboxylic acids is 2. The number of ketones is 2. The van der Waals surface area contributed by atoms with Crippen LogP contribution in [0.4, 0.5) is 0 Å². The third kappa shape index (κ3) is 2.56. The third-order valence-corrected chi connectivity index (χ3v) is 1.93. The molecular formula is C13H8O2. The van der Waals surface area contributed by atoms with Crippen molar-refractivity contribution in [2.45, 2.75) is 6.42 Å². The van der Waals surface area contributed by atoms with E-state index in [9.17, 15) is 9.59 Å². The molecule has 0 N–H and O–H groups in total. The first-order valence-corrected chi connectivity index (χ1v) is 4.27. The van der Waals surface area contributed by atoms with Crippen molar-refractivity contribution in [3.05, 3.63) is 35.5 Å². The quantitative estimate of drug-likeness (QED) is 0.491. The van der Waals surface area contributed by atoms with Gasteiger partial charge in [0, 0.05) is 17.6 Å². The largest absolute Gasteiger partial charge is 0.280 e. The molecule has 0 aromatic carbocycles. The highest BCUT2D eigenvalue weighted by Gasteiger charge is 2.14. The van der Waals surface area contributed by atoms with Gasteiger partial charge in [0.15, 0.2) is 0 Å². The van der Waals surface area contributed by atoms with Gasteiger partial charge in [-0.3, -0.25) is 9.59 Å². The Morgan fingerprint density at radius 3 is 1.73 bits per heavy atom. The van der Waals surface area contributed by atoms with Crippen LogP contribution in [0, 0.1) is 24.7 Å². The molecule has 2 nitrogen and oxygen atoms in total.